The van der Waals surface area contributed by atoms with Crippen LogP contribution in [0.4, 0.5) is 0 Å². The van der Waals surface area contributed by atoms with Crippen molar-refractivity contribution < 1.29 is 9.26 Å². The third-order valence-corrected chi connectivity index (χ3v) is 3.99. The number of hydrogen-bond acceptors (Lipinski definition) is 4. The maximum Gasteiger partial charge on any atom is 0.191 e. The van der Waals surface area contributed by atoms with E-state index in [-0.39, 0.29) is 24.0 Å². The normalized spacial score (nSPS) is 11.4. The van der Waals surface area contributed by atoms with Gasteiger partial charge in [0.2, 0.25) is 0 Å². The van der Waals surface area contributed by atoms with Crippen molar-refractivity contribution in [2.75, 3.05) is 13.7 Å². The zero-order valence-electron chi connectivity index (χ0n) is 16.6. The van der Waals surface area contributed by atoms with Gasteiger partial charge in [0.25, 0.3) is 0 Å². The second-order valence-electron chi connectivity index (χ2n) is 6.47. The van der Waals surface area contributed by atoms with E-state index < -0.39 is 0 Å². The Morgan fingerprint density at radius 1 is 1.19 bits per heavy atom. The van der Waals surface area contributed by atoms with E-state index in [1.165, 1.54) is 11.1 Å². The lowest BCUT2D eigenvalue weighted by Gasteiger charge is -2.14. The van der Waals surface area contributed by atoms with E-state index >= 15 is 0 Å². The molecule has 0 aliphatic heterocycles. The fourth-order valence-corrected chi connectivity index (χ4v) is 2.45. The van der Waals surface area contributed by atoms with Crippen LogP contribution in [-0.2, 0) is 24.4 Å². The van der Waals surface area contributed by atoms with Gasteiger partial charge >= 0.3 is 0 Å². The van der Waals surface area contributed by atoms with Crippen LogP contribution >= 0.6 is 24.0 Å². The first-order chi connectivity index (χ1) is 12.6. The molecule has 1 heterocycles. The maximum absolute atomic E-state index is 5.68. The van der Waals surface area contributed by atoms with E-state index in [0.717, 1.165) is 30.4 Å². The second kappa shape index (κ2) is 12.7. The van der Waals surface area contributed by atoms with Gasteiger partial charge in [-0.25, -0.2) is 0 Å². The van der Waals surface area contributed by atoms with Gasteiger partial charge in [-0.2, -0.15) is 0 Å². The van der Waals surface area contributed by atoms with Gasteiger partial charge in [-0.15, -0.1) is 24.0 Å². The Kier molecular flexibility index (Phi) is 11.0. The first-order valence-corrected chi connectivity index (χ1v) is 9.18. The van der Waals surface area contributed by atoms with Crippen molar-refractivity contribution in [3.63, 3.8) is 0 Å². The number of halogens is 1. The Morgan fingerprint density at radius 2 is 1.89 bits per heavy atom. The fraction of sp³-hybridized carbons (Fsp3) is 0.500. The number of nitrogens with one attached hydrogen (secondary N) is 2. The maximum atomic E-state index is 5.68. The van der Waals surface area contributed by atoms with Gasteiger partial charge in [0.1, 0.15) is 0 Å². The Morgan fingerprint density at radius 3 is 2.52 bits per heavy atom. The molecule has 0 bridgehead atoms. The summed E-state index contributed by atoms with van der Waals surface area (Å²) in [5.41, 5.74) is 3.36. The van der Waals surface area contributed by atoms with Crippen molar-refractivity contribution in [3.8, 4) is 0 Å². The molecule has 0 unspecified atom stereocenters. The first-order valence-electron chi connectivity index (χ1n) is 9.18. The van der Waals surface area contributed by atoms with Gasteiger partial charge in [-0.3, -0.25) is 4.99 Å². The molecule has 0 saturated heterocycles. The summed E-state index contributed by atoms with van der Waals surface area (Å²) in [6.45, 7) is 8.93. The molecule has 150 valence electrons. The Hall–Kier alpha value is -1.61. The van der Waals surface area contributed by atoms with Gasteiger partial charge in [-0.05, 0) is 23.5 Å². The van der Waals surface area contributed by atoms with E-state index in [0.29, 0.717) is 25.6 Å². The molecular formula is C20H31IN4O2. The minimum atomic E-state index is 0. The number of ether oxygens (including phenoxy) is 1. The average Bonchev–Trinajstić information content (AvgIpc) is 3.12. The number of rotatable bonds is 9. The minimum Gasteiger partial charge on any atom is -0.377 e. The molecule has 0 radical (unpaired) electrons. The van der Waals surface area contributed by atoms with Gasteiger partial charge < -0.3 is 19.9 Å². The van der Waals surface area contributed by atoms with Crippen molar-refractivity contribution in [2.45, 2.75) is 52.8 Å². The molecule has 7 heteroatoms. The molecule has 2 N–H and O–H groups in total. The monoisotopic (exact) mass is 486 g/mol. The summed E-state index contributed by atoms with van der Waals surface area (Å²) in [6.07, 6.45) is 1.02. The highest BCUT2D eigenvalue weighted by molar-refractivity contribution is 14.0. The topological polar surface area (TPSA) is 71.7 Å². The molecule has 6 nitrogen and oxygen atoms in total. The zero-order valence-corrected chi connectivity index (χ0v) is 18.9. The van der Waals surface area contributed by atoms with E-state index in [1.807, 2.05) is 18.2 Å². The first kappa shape index (κ1) is 23.4. The van der Waals surface area contributed by atoms with E-state index in [9.17, 15) is 0 Å². The van der Waals surface area contributed by atoms with Crippen LogP contribution < -0.4 is 10.6 Å². The summed E-state index contributed by atoms with van der Waals surface area (Å²) in [6, 6.07) is 10.3. The summed E-state index contributed by atoms with van der Waals surface area (Å²) >= 11 is 0. The van der Waals surface area contributed by atoms with Gasteiger partial charge in [0.15, 0.2) is 11.7 Å². The number of guanidine groups is 1. The highest BCUT2D eigenvalue weighted by atomic mass is 127. The van der Waals surface area contributed by atoms with E-state index in [2.05, 4.69) is 53.7 Å². The summed E-state index contributed by atoms with van der Waals surface area (Å²) in [4.78, 5) is 4.27. The van der Waals surface area contributed by atoms with Crippen molar-refractivity contribution in [1.29, 1.82) is 0 Å². The van der Waals surface area contributed by atoms with Gasteiger partial charge in [0.05, 0.1) is 18.8 Å². The van der Waals surface area contributed by atoms with Crippen molar-refractivity contribution in [2.24, 2.45) is 4.99 Å². The Labute approximate surface area is 179 Å². The smallest absolute Gasteiger partial charge is 0.191 e. The van der Waals surface area contributed by atoms with Crippen LogP contribution in [0.3, 0.4) is 0 Å². The van der Waals surface area contributed by atoms with Crippen LogP contribution in [0.5, 0.6) is 0 Å². The highest BCUT2D eigenvalue weighted by Gasteiger charge is 2.08. The predicted octanol–water partition coefficient (Wildman–Crippen LogP) is 4.21. The summed E-state index contributed by atoms with van der Waals surface area (Å²) in [7, 11) is 1.76. The van der Waals surface area contributed by atoms with Crippen LogP contribution in [0.15, 0.2) is 39.8 Å². The fourth-order valence-electron chi connectivity index (χ4n) is 2.45. The minimum absolute atomic E-state index is 0. The number of benzene rings is 1. The third kappa shape index (κ3) is 7.88. The Bertz CT molecular complexity index is 701. The molecule has 0 atom stereocenters. The number of aromatic nitrogens is 1. The molecule has 2 aromatic rings. The largest absolute Gasteiger partial charge is 0.377 e. The number of nitrogens with zero attached hydrogens (tertiary/aromatic N) is 2. The number of hydrogen-bond donors (Lipinski definition) is 2. The Balaban J connectivity index is 0.00000364. The van der Waals surface area contributed by atoms with Crippen molar-refractivity contribution in [3.05, 3.63) is 52.9 Å². The van der Waals surface area contributed by atoms with E-state index in [1.54, 1.807) is 7.05 Å². The highest BCUT2D eigenvalue weighted by Crippen LogP contribution is 2.14. The van der Waals surface area contributed by atoms with E-state index in [4.69, 9.17) is 9.26 Å². The summed E-state index contributed by atoms with van der Waals surface area (Å²) < 4.78 is 11.0. The molecule has 1 aromatic heterocycles. The van der Waals surface area contributed by atoms with Crippen molar-refractivity contribution >= 4 is 29.9 Å². The third-order valence-electron chi connectivity index (χ3n) is 3.99. The molecule has 2 rings (SSSR count). The summed E-state index contributed by atoms with van der Waals surface area (Å²) in [5.74, 6) is 1.87. The average molecular weight is 486 g/mol. The predicted molar refractivity (Wildman–Crippen MR) is 119 cm³/mol. The molecule has 0 spiro atoms. The van der Waals surface area contributed by atoms with Crippen LogP contribution in [0.1, 0.15) is 55.7 Å². The molecule has 0 fully saturated rings. The standard InChI is InChI=1S/C20H30N4O2.HI/c1-5-10-25-14-17-9-7-6-8-16(17)12-22-20(21-4)23-13-18-11-19(15(2)3)24-26-18;/h6-9,11,15H,5,10,12-14H2,1-4H3,(H2,21,22,23);1H. The second-order valence-corrected chi connectivity index (χ2v) is 6.47. The molecule has 0 aliphatic carbocycles. The van der Waals surface area contributed by atoms with Crippen LogP contribution in [0, 0.1) is 0 Å². The lowest BCUT2D eigenvalue weighted by Crippen LogP contribution is -2.36. The lowest BCUT2D eigenvalue weighted by molar-refractivity contribution is 0.121. The lowest BCUT2D eigenvalue weighted by atomic mass is 10.1. The molecule has 0 amide bonds. The quantitative estimate of drug-likeness (QED) is 0.241. The van der Waals surface area contributed by atoms with Gasteiger partial charge in [0, 0.05) is 26.3 Å². The molecular weight excluding hydrogens is 455 g/mol. The molecule has 0 aliphatic rings. The molecule has 1 aromatic carbocycles. The number of aliphatic imine (C=N–C) groups is 1. The van der Waals surface area contributed by atoms with Gasteiger partial charge in [-0.1, -0.05) is 50.2 Å². The van der Waals surface area contributed by atoms with Crippen LogP contribution in [-0.4, -0.2) is 24.8 Å². The molecule has 0 saturated carbocycles. The van der Waals surface area contributed by atoms with Crippen LogP contribution in [0.25, 0.3) is 0 Å². The summed E-state index contributed by atoms with van der Waals surface area (Å²) in [5, 5.41) is 10.7. The van der Waals surface area contributed by atoms with Crippen molar-refractivity contribution in [1.82, 2.24) is 15.8 Å². The SMILES string of the molecule is CCCOCc1ccccc1CNC(=NC)NCc1cc(C(C)C)no1.I. The van der Waals surface area contributed by atoms with Crippen LogP contribution in [0.2, 0.25) is 0 Å². The zero-order chi connectivity index (χ0) is 18.8. The molecule has 27 heavy (non-hydrogen) atoms.